The molecule has 0 aromatic carbocycles. The Morgan fingerprint density at radius 1 is 1.36 bits per heavy atom. The highest BCUT2D eigenvalue weighted by molar-refractivity contribution is 5.94. The number of imidazole rings is 1. The fourth-order valence-corrected chi connectivity index (χ4v) is 2.80. The van der Waals surface area contributed by atoms with Gasteiger partial charge in [0.15, 0.2) is 5.65 Å². The van der Waals surface area contributed by atoms with Gasteiger partial charge in [0.2, 0.25) is 0 Å². The van der Waals surface area contributed by atoms with Gasteiger partial charge in [-0.05, 0) is 24.6 Å². The highest BCUT2D eigenvalue weighted by Crippen LogP contribution is 2.17. The second-order valence-corrected chi connectivity index (χ2v) is 5.43. The maximum absolute atomic E-state index is 12.3. The molecule has 3 aromatic rings. The molecule has 112 valence electrons. The number of aromatic amines is 1. The lowest BCUT2D eigenvalue weighted by atomic mass is 10.2. The average molecular weight is 296 g/mol. The van der Waals surface area contributed by atoms with Crippen LogP contribution in [0.4, 0.5) is 5.82 Å². The molecule has 1 saturated heterocycles. The smallest absolute Gasteiger partial charge is 0.255 e. The molecule has 1 aliphatic heterocycles. The van der Waals surface area contributed by atoms with Gasteiger partial charge in [0.05, 0.1) is 5.56 Å². The van der Waals surface area contributed by atoms with E-state index >= 15 is 0 Å². The number of nitrogens with one attached hydrogen (secondary N) is 2. The van der Waals surface area contributed by atoms with Gasteiger partial charge in [-0.1, -0.05) is 0 Å². The van der Waals surface area contributed by atoms with Crippen LogP contribution in [0.15, 0.2) is 43.0 Å². The number of carbonyl (C=O) groups is 1. The Kier molecular flexibility index (Phi) is 3.03. The van der Waals surface area contributed by atoms with Crippen molar-refractivity contribution in [3.63, 3.8) is 0 Å². The first kappa shape index (κ1) is 12.9. The molecular weight excluding hydrogens is 280 g/mol. The van der Waals surface area contributed by atoms with Crippen LogP contribution in [-0.2, 0) is 0 Å². The Hall–Kier alpha value is -2.83. The molecule has 0 saturated carbocycles. The zero-order valence-corrected chi connectivity index (χ0v) is 11.9. The molecule has 7 nitrogen and oxygen atoms in total. The number of anilines is 1. The first-order valence-electron chi connectivity index (χ1n) is 7.28. The molecule has 1 fully saturated rings. The second-order valence-electron chi connectivity index (χ2n) is 5.43. The summed E-state index contributed by atoms with van der Waals surface area (Å²) in [5.74, 6) is 0.870. The van der Waals surface area contributed by atoms with Crippen LogP contribution in [0.3, 0.4) is 0 Å². The topological polar surface area (TPSA) is 78.3 Å². The summed E-state index contributed by atoms with van der Waals surface area (Å²) in [7, 11) is 0. The van der Waals surface area contributed by atoms with Gasteiger partial charge in [0.1, 0.15) is 5.82 Å². The summed E-state index contributed by atoms with van der Waals surface area (Å²) in [5, 5.41) is 7.84. The maximum atomic E-state index is 12.3. The molecule has 7 heteroatoms. The maximum Gasteiger partial charge on any atom is 0.255 e. The van der Waals surface area contributed by atoms with Gasteiger partial charge >= 0.3 is 0 Å². The Morgan fingerprint density at radius 3 is 3.18 bits per heavy atom. The number of hydrogen-bond acceptors (Lipinski definition) is 4. The van der Waals surface area contributed by atoms with Crippen LogP contribution in [0.2, 0.25) is 0 Å². The number of likely N-dealkylation sites (tertiary alicyclic amines) is 1. The molecule has 0 aliphatic carbocycles. The zero-order chi connectivity index (χ0) is 14.9. The molecule has 3 aromatic heterocycles. The third-order valence-electron chi connectivity index (χ3n) is 3.93. The third kappa shape index (κ3) is 2.30. The van der Waals surface area contributed by atoms with Crippen molar-refractivity contribution in [3.05, 3.63) is 48.5 Å². The first-order chi connectivity index (χ1) is 10.8. The monoisotopic (exact) mass is 296 g/mol. The Bertz CT molecular complexity index is 793. The molecule has 0 bridgehead atoms. The molecule has 4 heterocycles. The van der Waals surface area contributed by atoms with Crippen LogP contribution in [0, 0.1) is 0 Å². The largest absolute Gasteiger partial charge is 0.367 e. The van der Waals surface area contributed by atoms with E-state index in [1.54, 1.807) is 29.2 Å². The minimum Gasteiger partial charge on any atom is -0.367 e. The van der Waals surface area contributed by atoms with E-state index in [2.05, 4.69) is 20.4 Å². The summed E-state index contributed by atoms with van der Waals surface area (Å²) in [5.41, 5.74) is 1.53. The highest BCUT2D eigenvalue weighted by Gasteiger charge is 2.27. The number of hydrogen-bond donors (Lipinski definition) is 2. The van der Waals surface area contributed by atoms with Crippen LogP contribution in [0.5, 0.6) is 0 Å². The molecular formula is C15H16N6O. The number of amides is 1. The van der Waals surface area contributed by atoms with Crippen LogP contribution in [0.1, 0.15) is 16.8 Å². The molecule has 0 spiro atoms. The Morgan fingerprint density at radius 2 is 2.32 bits per heavy atom. The lowest BCUT2D eigenvalue weighted by Gasteiger charge is -2.16. The first-order valence-corrected chi connectivity index (χ1v) is 7.28. The van der Waals surface area contributed by atoms with Crippen LogP contribution in [0.25, 0.3) is 5.65 Å². The van der Waals surface area contributed by atoms with Crippen LogP contribution < -0.4 is 5.32 Å². The second kappa shape index (κ2) is 5.18. The van der Waals surface area contributed by atoms with Crippen molar-refractivity contribution in [2.45, 2.75) is 12.5 Å². The van der Waals surface area contributed by atoms with Gasteiger partial charge in [-0.2, -0.15) is 0 Å². The normalized spacial score (nSPS) is 18.0. The molecule has 1 atom stereocenters. The molecule has 1 aliphatic rings. The predicted molar refractivity (Wildman–Crippen MR) is 81.7 cm³/mol. The fourth-order valence-electron chi connectivity index (χ4n) is 2.80. The van der Waals surface area contributed by atoms with Gasteiger partial charge in [0.25, 0.3) is 5.91 Å². The zero-order valence-electron chi connectivity index (χ0n) is 11.9. The summed E-state index contributed by atoms with van der Waals surface area (Å²) in [6, 6.07) is 5.86. The Labute approximate surface area is 127 Å². The van der Waals surface area contributed by atoms with Crippen molar-refractivity contribution in [2.24, 2.45) is 0 Å². The highest BCUT2D eigenvalue weighted by atomic mass is 16.2. The SMILES string of the molecule is O=C(c1cc[nH]c1)N1CCC(Nc2ccc3nccn3n2)C1. The summed E-state index contributed by atoms with van der Waals surface area (Å²) >= 11 is 0. The average Bonchev–Trinajstić information content (AvgIpc) is 3.27. The van der Waals surface area contributed by atoms with Crippen molar-refractivity contribution in [1.29, 1.82) is 0 Å². The van der Waals surface area contributed by atoms with Crippen LogP contribution in [-0.4, -0.2) is 49.5 Å². The minimum atomic E-state index is 0.0728. The van der Waals surface area contributed by atoms with E-state index in [0.29, 0.717) is 12.1 Å². The minimum absolute atomic E-state index is 0.0728. The summed E-state index contributed by atoms with van der Waals surface area (Å²) in [6.07, 6.45) is 7.95. The number of rotatable bonds is 3. The molecule has 4 rings (SSSR count). The molecule has 2 N–H and O–H groups in total. The van der Waals surface area contributed by atoms with Gasteiger partial charge in [-0.15, -0.1) is 5.10 Å². The predicted octanol–water partition coefficient (Wildman–Crippen LogP) is 1.38. The van der Waals surface area contributed by atoms with Gasteiger partial charge < -0.3 is 15.2 Å². The van der Waals surface area contributed by atoms with Crippen molar-refractivity contribution >= 4 is 17.4 Å². The summed E-state index contributed by atoms with van der Waals surface area (Å²) < 4.78 is 1.74. The standard InChI is InChI=1S/C15H16N6O/c22-15(11-3-5-16-9-11)20-7-4-12(10-20)18-13-1-2-14-17-6-8-21(14)19-13/h1-3,5-6,8-9,12,16H,4,7,10H2,(H,18,19). The van der Waals surface area contributed by atoms with E-state index < -0.39 is 0 Å². The van der Waals surface area contributed by atoms with E-state index in [1.807, 2.05) is 23.2 Å². The molecule has 22 heavy (non-hydrogen) atoms. The lowest BCUT2D eigenvalue weighted by molar-refractivity contribution is 0.0792. The fraction of sp³-hybridized carbons (Fsp3) is 0.267. The van der Waals surface area contributed by atoms with E-state index in [1.165, 1.54) is 0 Å². The summed E-state index contributed by atoms with van der Waals surface area (Å²) in [4.78, 5) is 21.3. The van der Waals surface area contributed by atoms with Crippen molar-refractivity contribution in [2.75, 3.05) is 18.4 Å². The van der Waals surface area contributed by atoms with Gasteiger partial charge in [0, 0.05) is 43.9 Å². The third-order valence-corrected chi connectivity index (χ3v) is 3.93. The Balaban J connectivity index is 1.43. The van der Waals surface area contributed by atoms with Crippen molar-refractivity contribution < 1.29 is 4.79 Å². The number of aromatic nitrogens is 4. The van der Waals surface area contributed by atoms with E-state index in [0.717, 1.165) is 24.4 Å². The number of fused-ring (bicyclic) bond motifs is 1. The van der Waals surface area contributed by atoms with Gasteiger partial charge in [-0.3, -0.25) is 4.79 Å². The van der Waals surface area contributed by atoms with Crippen molar-refractivity contribution in [1.82, 2.24) is 24.5 Å². The van der Waals surface area contributed by atoms with Crippen molar-refractivity contribution in [3.8, 4) is 0 Å². The van der Waals surface area contributed by atoms with E-state index in [9.17, 15) is 4.79 Å². The molecule has 0 radical (unpaired) electrons. The summed E-state index contributed by atoms with van der Waals surface area (Å²) in [6.45, 7) is 1.45. The lowest BCUT2D eigenvalue weighted by Crippen LogP contribution is -2.31. The quantitative estimate of drug-likeness (QED) is 0.765. The molecule has 1 unspecified atom stereocenters. The van der Waals surface area contributed by atoms with E-state index in [-0.39, 0.29) is 11.9 Å². The van der Waals surface area contributed by atoms with E-state index in [4.69, 9.17) is 0 Å². The number of carbonyl (C=O) groups excluding carboxylic acids is 1. The number of H-pyrrole nitrogens is 1. The van der Waals surface area contributed by atoms with Crippen LogP contribution >= 0.6 is 0 Å². The number of nitrogens with zero attached hydrogens (tertiary/aromatic N) is 4. The van der Waals surface area contributed by atoms with Gasteiger partial charge in [-0.25, -0.2) is 9.50 Å². The molecule has 1 amide bonds.